The highest BCUT2D eigenvalue weighted by atomic mass is 32.2. The van der Waals surface area contributed by atoms with Crippen LogP contribution in [-0.4, -0.2) is 50.2 Å². The fourth-order valence-electron chi connectivity index (χ4n) is 3.75. The lowest BCUT2D eigenvalue weighted by Crippen LogP contribution is -2.40. The summed E-state index contributed by atoms with van der Waals surface area (Å²) >= 11 is 0. The van der Waals surface area contributed by atoms with Gasteiger partial charge in [0.2, 0.25) is 10.0 Å². The first-order valence-corrected chi connectivity index (χ1v) is 11.8. The second-order valence-electron chi connectivity index (χ2n) is 7.75. The van der Waals surface area contributed by atoms with Gasteiger partial charge in [-0.15, -0.1) is 0 Å². The number of rotatable bonds is 5. The zero-order valence-electron chi connectivity index (χ0n) is 17.6. The van der Waals surface area contributed by atoms with Crippen LogP contribution in [0.25, 0.3) is 0 Å². The van der Waals surface area contributed by atoms with Crippen molar-refractivity contribution >= 4 is 16.0 Å². The number of aryl methyl sites for hydroxylation is 2. The molecule has 2 aromatic rings. The summed E-state index contributed by atoms with van der Waals surface area (Å²) in [5.74, 6) is 0.956. The summed E-state index contributed by atoms with van der Waals surface area (Å²) in [5.41, 5.74) is 1.46. The van der Waals surface area contributed by atoms with Gasteiger partial charge in [-0.25, -0.2) is 8.42 Å². The van der Waals surface area contributed by atoms with Crippen molar-refractivity contribution in [1.29, 1.82) is 0 Å². The lowest BCUT2D eigenvalue weighted by atomic mass is 9.98. The number of sulfonamides is 1. The molecule has 4 rings (SSSR count). The zero-order chi connectivity index (χ0) is 22.0. The molecular formula is C21H26N2O7S. The van der Waals surface area contributed by atoms with Crippen LogP contribution in [0.1, 0.15) is 36.3 Å². The van der Waals surface area contributed by atoms with Gasteiger partial charge in [-0.3, -0.25) is 4.79 Å². The quantitative estimate of drug-likeness (QED) is 0.640. The maximum atomic E-state index is 13.1. The number of hydrogen-bond acceptors (Lipinski definition) is 8. The zero-order valence-corrected chi connectivity index (χ0v) is 18.4. The normalized spacial score (nSPS) is 17.9. The first-order valence-electron chi connectivity index (χ1n) is 10.3. The van der Waals surface area contributed by atoms with Crippen LogP contribution in [0, 0.1) is 19.8 Å². The van der Waals surface area contributed by atoms with Crippen LogP contribution in [0.15, 0.2) is 27.6 Å². The summed E-state index contributed by atoms with van der Waals surface area (Å²) in [6.07, 6.45) is 1.56. The fraction of sp³-hybridized carbons (Fsp3) is 0.524. The summed E-state index contributed by atoms with van der Waals surface area (Å²) in [5, 5.41) is 3.85. The lowest BCUT2D eigenvalue weighted by Gasteiger charge is -2.30. The van der Waals surface area contributed by atoms with E-state index in [0.29, 0.717) is 49.0 Å². The Morgan fingerprint density at radius 2 is 1.87 bits per heavy atom. The predicted octanol–water partition coefficient (Wildman–Crippen LogP) is 2.60. The molecule has 31 heavy (non-hydrogen) atoms. The van der Waals surface area contributed by atoms with Crippen LogP contribution in [0.3, 0.4) is 0 Å². The molecule has 3 heterocycles. The van der Waals surface area contributed by atoms with E-state index in [1.807, 2.05) is 0 Å². The van der Waals surface area contributed by atoms with E-state index in [1.165, 1.54) is 16.4 Å². The van der Waals surface area contributed by atoms with Crippen molar-refractivity contribution in [3.05, 3.63) is 35.2 Å². The van der Waals surface area contributed by atoms with Crippen LogP contribution >= 0.6 is 0 Å². The van der Waals surface area contributed by atoms with E-state index in [2.05, 4.69) is 5.16 Å². The Kier molecular flexibility index (Phi) is 6.19. The first kappa shape index (κ1) is 21.6. The van der Waals surface area contributed by atoms with E-state index in [1.54, 1.807) is 19.9 Å². The Bertz CT molecular complexity index is 1040. The maximum Gasteiger partial charge on any atom is 0.309 e. The highest BCUT2D eigenvalue weighted by Gasteiger charge is 2.33. The van der Waals surface area contributed by atoms with E-state index in [9.17, 15) is 13.2 Å². The molecule has 1 fully saturated rings. The number of carbonyl (C=O) groups is 1. The molecular weight excluding hydrogens is 424 g/mol. The molecule has 0 aliphatic carbocycles. The molecule has 0 atom stereocenters. The van der Waals surface area contributed by atoms with E-state index >= 15 is 0 Å². The maximum absolute atomic E-state index is 13.1. The Morgan fingerprint density at radius 1 is 1.16 bits per heavy atom. The standard InChI is InChI=1S/C21H26N2O7S/c1-14-18(15(2)30-22-14)13-29-21(24)16-6-8-23(9-7-16)31(25,26)17-4-5-19-20(12-17)28-11-3-10-27-19/h4-5,12,16H,3,6-11,13H2,1-2H3. The molecule has 0 radical (unpaired) electrons. The molecule has 0 N–H and O–H groups in total. The molecule has 2 aliphatic rings. The molecule has 1 aromatic heterocycles. The third kappa shape index (κ3) is 4.54. The van der Waals surface area contributed by atoms with Gasteiger partial charge in [0.05, 0.1) is 35.3 Å². The number of ether oxygens (including phenoxy) is 3. The van der Waals surface area contributed by atoms with Crippen LogP contribution in [0.2, 0.25) is 0 Å². The molecule has 0 amide bonds. The van der Waals surface area contributed by atoms with Crippen LogP contribution < -0.4 is 9.47 Å². The smallest absolute Gasteiger partial charge is 0.309 e. The first-order chi connectivity index (χ1) is 14.9. The molecule has 1 aromatic carbocycles. The van der Waals surface area contributed by atoms with Gasteiger partial charge >= 0.3 is 5.97 Å². The minimum atomic E-state index is -3.69. The Hall–Kier alpha value is -2.59. The molecule has 2 aliphatic heterocycles. The number of carbonyl (C=O) groups excluding carboxylic acids is 1. The van der Waals surface area contributed by atoms with Gasteiger partial charge in [0.1, 0.15) is 12.4 Å². The molecule has 9 nitrogen and oxygen atoms in total. The second kappa shape index (κ2) is 8.88. The van der Waals surface area contributed by atoms with Gasteiger partial charge in [-0.05, 0) is 38.8 Å². The second-order valence-corrected chi connectivity index (χ2v) is 9.69. The van der Waals surface area contributed by atoms with Gasteiger partial charge in [0.25, 0.3) is 0 Å². The van der Waals surface area contributed by atoms with Crippen molar-refractivity contribution in [2.45, 2.75) is 44.6 Å². The van der Waals surface area contributed by atoms with E-state index in [4.69, 9.17) is 18.7 Å². The summed E-state index contributed by atoms with van der Waals surface area (Å²) in [6.45, 7) is 5.20. The van der Waals surface area contributed by atoms with E-state index in [-0.39, 0.29) is 36.5 Å². The number of esters is 1. The average molecular weight is 451 g/mol. The minimum Gasteiger partial charge on any atom is -0.490 e. The van der Waals surface area contributed by atoms with Crippen molar-refractivity contribution in [2.24, 2.45) is 5.92 Å². The summed E-state index contributed by atoms with van der Waals surface area (Å²) in [4.78, 5) is 12.6. The largest absolute Gasteiger partial charge is 0.490 e. The predicted molar refractivity (Wildman–Crippen MR) is 109 cm³/mol. The van der Waals surface area contributed by atoms with Gasteiger partial charge in [-0.1, -0.05) is 5.16 Å². The van der Waals surface area contributed by atoms with Crippen molar-refractivity contribution in [2.75, 3.05) is 26.3 Å². The van der Waals surface area contributed by atoms with Crippen LogP contribution in [0.5, 0.6) is 11.5 Å². The number of piperidine rings is 1. The molecule has 168 valence electrons. The average Bonchev–Trinajstić information content (AvgIpc) is 2.95. The van der Waals surface area contributed by atoms with Gasteiger partial charge < -0.3 is 18.7 Å². The SMILES string of the molecule is Cc1noc(C)c1COC(=O)C1CCN(S(=O)(=O)c2ccc3c(c2)OCCCO3)CC1. The lowest BCUT2D eigenvalue weighted by molar-refractivity contribution is -0.151. The highest BCUT2D eigenvalue weighted by Crippen LogP contribution is 2.34. The third-order valence-corrected chi connectivity index (χ3v) is 7.58. The number of nitrogens with zero attached hydrogens (tertiary/aromatic N) is 2. The van der Waals surface area contributed by atoms with Crippen molar-refractivity contribution < 1.29 is 31.9 Å². The summed E-state index contributed by atoms with van der Waals surface area (Å²) < 4.78 is 49.3. The van der Waals surface area contributed by atoms with E-state index in [0.717, 1.165) is 12.0 Å². The Balaban J connectivity index is 1.36. The number of fused-ring (bicyclic) bond motifs is 1. The number of benzene rings is 1. The Morgan fingerprint density at radius 3 is 2.55 bits per heavy atom. The van der Waals surface area contributed by atoms with E-state index < -0.39 is 10.0 Å². The molecule has 0 saturated carbocycles. The van der Waals surface area contributed by atoms with Crippen molar-refractivity contribution in [1.82, 2.24) is 9.46 Å². The van der Waals surface area contributed by atoms with Gasteiger partial charge in [-0.2, -0.15) is 4.31 Å². The highest BCUT2D eigenvalue weighted by molar-refractivity contribution is 7.89. The van der Waals surface area contributed by atoms with Gasteiger partial charge in [0, 0.05) is 25.6 Å². The molecule has 0 spiro atoms. The fourth-order valence-corrected chi connectivity index (χ4v) is 5.24. The minimum absolute atomic E-state index is 0.107. The van der Waals surface area contributed by atoms with Crippen LogP contribution in [0.4, 0.5) is 0 Å². The van der Waals surface area contributed by atoms with Crippen molar-refractivity contribution in [3.8, 4) is 11.5 Å². The summed E-state index contributed by atoms with van der Waals surface area (Å²) in [6, 6.07) is 4.68. The topological polar surface area (TPSA) is 108 Å². The number of aromatic nitrogens is 1. The molecule has 1 saturated heterocycles. The summed E-state index contributed by atoms with van der Waals surface area (Å²) in [7, 11) is -3.69. The van der Waals surface area contributed by atoms with Gasteiger partial charge in [0.15, 0.2) is 11.5 Å². The third-order valence-electron chi connectivity index (χ3n) is 5.68. The molecule has 0 unspecified atom stereocenters. The Labute approximate surface area is 181 Å². The molecule has 10 heteroatoms. The van der Waals surface area contributed by atoms with Crippen LogP contribution in [-0.2, 0) is 26.2 Å². The number of hydrogen-bond donors (Lipinski definition) is 0. The van der Waals surface area contributed by atoms with Crippen molar-refractivity contribution in [3.63, 3.8) is 0 Å². The monoisotopic (exact) mass is 450 g/mol. The molecule has 0 bridgehead atoms.